The van der Waals surface area contributed by atoms with E-state index < -0.39 is 52.1 Å². The van der Waals surface area contributed by atoms with Crippen LogP contribution in [0.2, 0.25) is 5.02 Å². The Hall–Kier alpha value is -4.12. The third-order valence-electron chi connectivity index (χ3n) is 6.54. The van der Waals surface area contributed by atoms with Gasteiger partial charge in [-0.3, -0.25) is 4.79 Å². The highest BCUT2D eigenvalue weighted by Crippen LogP contribution is 2.41. The minimum Gasteiger partial charge on any atom is -0.495 e. The molecule has 4 aromatic rings. The number of rotatable bonds is 7. The maximum absolute atomic E-state index is 14.8. The molecule has 4 rings (SSSR count). The first-order valence-electron chi connectivity index (χ1n) is 12.1. The van der Waals surface area contributed by atoms with E-state index in [0.717, 1.165) is 12.1 Å². The van der Waals surface area contributed by atoms with E-state index in [1.54, 1.807) is 30.3 Å². The fourth-order valence-corrected chi connectivity index (χ4v) is 4.80. The predicted molar refractivity (Wildman–Crippen MR) is 139 cm³/mol. The minimum absolute atomic E-state index is 0.0183. The molecule has 0 aliphatic rings. The molecule has 12 heteroatoms. The number of nitrogens with one attached hydrogen (secondary N) is 1. The summed E-state index contributed by atoms with van der Waals surface area (Å²) >= 11 is 6.34. The van der Waals surface area contributed by atoms with Gasteiger partial charge in [-0.1, -0.05) is 48.0 Å². The predicted octanol–water partition coefficient (Wildman–Crippen LogP) is 8.58. The second kappa shape index (κ2) is 11.6. The summed E-state index contributed by atoms with van der Waals surface area (Å²) in [6, 6.07) is 15.3. The first kappa shape index (κ1) is 30.8. The van der Waals surface area contributed by atoms with Crippen molar-refractivity contribution in [3.8, 4) is 5.75 Å². The first-order chi connectivity index (χ1) is 19.6. The third kappa shape index (κ3) is 6.51. The monoisotopic (exact) mass is 613 g/mol. The Balaban J connectivity index is 2.01. The summed E-state index contributed by atoms with van der Waals surface area (Å²) < 4.78 is 116. The van der Waals surface area contributed by atoms with Crippen molar-refractivity contribution in [1.29, 1.82) is 0 Å². The number of hydrogen-bond acceptors (Lipinski definition) is 2. The molecule has 0 spiro atoms. The standard InChI is InChI=1S/C30H20ClF8NO2/c1-42-26-10-8-19(15-24(26)31)28(16-17-5-3-2-4-6-17,20-12-21(29(34,35)36)14-22(32)13-20)40-27(41)18-7-9-25(33)23(11-18)30(37,38)39/h2-15H,16H2,1H3,(H,40,41). The van der Waals surface area contributed by atoms with Gasteiger partial charge in [0.25, 0.3) is 5.91 Å². The van der Waals surface area contributed by atoms with E-state index in [2.05, 4.69) is 5.32 Å². The number of hydrogen-bond donors (Lipinski definition) is 1. The number of halogens is 9. The van der Waals surface area contributed by atoms with Gasteiger partial charge in [0.2, 0.25) is 0 Å². The fraction of sp³-hybridized carbons (Fsp3) is 0.167. The molecule has 0 heterocycles. The minimum atomic E-state index is -5.14. The van der Waals surface area contributed by atoms with E-state index in [1.807, 2.05) is 0 Å². The van der Waals surface area contributed by atoms with Gasteiger partial charge in [0.15, 0.2) is 0 Å². The highest BCUT2D eigenvalue weighted by molar-refractivity contribution is 6.32. The summed E-state index contributed by atoms with van der Waals surface area (Å²) in [5.74, 6) is -3.95. The molecular formula is C30H20ClF8NO2. The van der Waals surface area contributed by atoms with Gasteiger partial charge < -0.3 is 10.1 Å². The summed E-state index contributed by atoms with van der Waals surface area (Å²) in [7, 11) is 1.31. The normalized spacial score (nSPS) is 13.4. The maximum atomic E-state index is 14.8. The molecule has 0 radical (unpaired) electrons. The maximum Gasteiger partial charge on any atom is 0.419 e. The molecule has 1 amide bonds. The van der Waals surface area contributed by atoms with Gasteiger partial charge in [0.05, 0.1) is 28.8 Å². The Morgan fingerprint density at radius 2 is 1.45 bits per heavy atom. The van der Waals surface area contributed by atoms with Gasteiger partial charge >= 0.3 is 12.4 Å². The average molecular weight is 614 g/mol. The van der Waals surface area contributed by atoms with Crippen LogP contribution in [-0.4, -0.2) is 13.0 Å². The fourth-order valence-electron chi connectivity index (χ4n) is 4.54. The molecule has 0 saturated heterocycles. The van der Waals surface area contributed by atoms with Crippen LogP contribution in [0.4, 0.5) is 35.1 Å². The zero-order valence-electron chi connectivity index (χ0n) is 21.5. The van der Waals surface area contributed by atoms with Crippen molar-refractivity contribution in [2.75, 3.05) is 7.11 Å². The quantitative estimate of drug-likeness (QED) is 0.212. The molecule has 3 nitrogen and oxygen atoms in total. The van der Waals surface area contributed by atoms with Crippen molar-refractivity contribution in [2.24, 2.45) is 0 Å². The molecule has 0 saturated carbocycles. The number of carbonyl (C=O) groups excluding carboxylic acids is 1. The Labute approximate surface area is 239 Å². The van der Waals surface area contributed by atoms with E-state index in [4.69, 9.17) is 16.3 Å². The molecule has 0 aliphatic carbocycles. The molecule has 0 aliphatic heterocycles. The Bertz CT molecular complexity index is 1610. The SMILES string of the molecule is COc1ccc(C(Cc2ccccc2)(NC(=O)c2ccc(F)c(C(F)(F)F)c2)c2cc(F)cc(C(F)(F)F)c2)cc1Cl. The second-order valence-corrected chi connectivity index (χ2v) is 9.70. The van der Waals surface area contributed by atoms with Crippen LogP contribution in [0, 0.1) is 11.6 Å². The topological polar surface area (TPSA) is 38.3 Å². The first-order valence-corrected chi connectivity index (χ1v) is 12.5. The number of benzene rings is 4. The van der Waals surface area contributed by atoms with E-state index >= 15 is 0 Å². The van der Waals surface area contributed by atoms with Gasteiger partial charge in [-0.25, -0.2) is 8.78 Å². The van der Waals surface area contributed by atoms with Gasteiger partial charge in [-0.15, -0.1) is 0 Å². The zero-order chi connectivity index (χ0) is 30.9. The molecule has 42 heavy (non-hydrogen) atoms. The molecule has 1 N–H and O–H groups in total. The van der Waals surface area contributed by atoms with Crippen LogP contribution in [0.5, 0.6) is 5.75 Å². The van der Waals surface area contributed by atoms with Crippen LogP contribution >= 0.6 is 11.6 Å². The van der Waals surface area contributed by atoms with Gasteiger partial charge in [0, 0.05) is 12.0 Å². The zero-order valence-corrected chi connectivity index (χ0v) is 22.3. The van der Waals surface area contributed by atoms with Crippen molar-refractivity contribution in [3.63, 3.8) is 0 Å². The molecule has 0 bridgehead atoms. The third-order valence-corrected chi connectivity index (χ3v) is 6.83. The smallest absolute Gasteiger partial charge is 0.419 e. The van der Waals surface area contributed by atoms with Crippen molar-refractivity contribution < 1.29 is 44.7 Å². The van der Waals surface area contributed by atoms with Gasteiger partial charge in [0.1, 0.15) is 17.4 Å². The van der Waals surface area contributed by atoms with Crippen LogP contribution in [0.1, 0.15) is 38.2 Å². The van der Waals surface area contributed by atoms with Crippen molar-refractivity contribution in [1.82, 2.24) is 5.32 Å². The highest BCUT2D eigenvalue weighted by Gasteiger charge is 2.41. The van der Waals surface area contributed by atoms with Crippen molar-refractivity contribution in [3.05, 3.63) is 135 Å². The number of carbonyl (C=O) groups is 1. The molecule has 0 aromatic heterocycles. The molecular weight excluding hydrogens is 594 g/mol. The lowest BCUT2D eigenvalue weighted by Gasteiger charge is -2.37. The number of methoxy groups -OCH3 is 1. The lowest BCUT2D eigenvalue weighted by molar-refractivity contribution is -0.140. The van der Waals surface area contributed by atoms with Crippen molar-refractivity contribution >= 4 is 17.5 Å². The largest absolute Gasteiger partial charge is 0.495 e. The summed E-state index contributed by atoms with van der Waals surface area (Å²) in [6.45, 7) is 0. The van der Waals surface area contributed by atoms with Crippen LogP contribution in [0.15, 0.2) is 84.9 Å². The molecule has 1 unspecified atom stereocenters. The van der Waals surface area contributed by atoms with Crippen LogP contribution in [-0.2, 0) is 24.3 Å². The number of alkyl halides is 6. The Kier molecular flexibility index (Phi) is 8.54. The average Bonchev–Trinajstić information content (AvgIpc) is 2.92. The molecule has 0 fully saturated rings. The summed E-state index contributed by atoms with van der Waals surface area (Å²) in [5.41, 5.74) is -5.64. The molecule has 220 valence electrons. The number of ether oxygens (including phenoxy) is 1. The van der Waals surface area contributed by atoms with E-state index in [-0.39, 0.29) is 40.5 Å². The van der Waals surface area contributed by atoms with Crippen molar-refractivity contribution in [2.45, 2.75) is 24.3 Å². The summed E-state index contributed by atoms with van der Waals surface area (Å²) in [4.78, 5) is 13.6. The van der Waals surface area contributed by atoms with E-state index in [0.29, 0.717) is 17.7 Å². The second-order valence-electron chi connectivity index (χ2n) is 9.29. The van der Waals surface area contributed by atoms with Gasteiger partial charge in [-0.05, 0) is 65.2 Å². The number of amides is 1. The van der Waals surface area contributed by atoms with E-state index in [9.17, 15) is 39.9 Å². The van der Waals surface area contributed by atoms with Gasteiger partial charge in [-0.2, -0.15) is 26.3 Å². The van der Waals surface area contributed by atoms with Crippen LogP contribution < -0.4 is 10.1 Å². The van der Waals surface area contributed by atoms with E-state index in [1.165, 1.54) is 25.3 Å². The molecule has 1 atom stereocenters. The van der Waals surface area contributed by atoms with Crippen LogP contribution in [0.3, 0.4) is 0 Å². The summed E-state index contributed by atoms with van der Waals surface area (Å²) in [5, 5.41) is 2.52. The Morgan fingerprint density at radius 1 is 0.786 bits per heavy atom. The Morgan fingerprint density at radius 3 is 2.05 bits per heavy atom. The lowest BCUT2D eigenvalue weighted by Crippen LogP contribution is -2.49. The van der Waals surface area contributed by atoms with Crippen LogP contribution in [0.25, 0.3) is 0 Å². The summed E-state index contributed by atoms with van der Waals surface area (Å²) in [6.07, 6.45) is -10.4. The lowest BCUT2D eigenvalue weighted by atomic mass is 9.77. The molecule has 4 aromatic carbocycles. The highest BCUT2D eigenvalue weighted by atomic mass is 35.5.